The standard InChI is InChI=1S/C14H15FN4O3S/c1-2-16-11(20)7-17-12(21)8-23-14-19-18-13(22-14)9-5-3-4-6-10(9)15/h3-6H,2,7-8H2,1H3,(H,16,20)(H,17,21). The highest BCUT2D eigenvalue weighted by Crippen LogP contribution is 2.24. The lowest BCUT2D eigenvalue weighted by Gasteiger charge is -2.03. The molecule has 7 nitrogen and oxygen atoms in total. The third-order valence-electron chi connectivity index (χ3n) is 2.66. The summed E-state index contributed by atoms with van der Waals surface area (Å²) >= 11 is 1.01. The predicted molar refractivity (Wildman–Crippen MR) is 82.1 cm³/mol. The number of carbonyl (C=O) groups is 2. The number of hydrogen-bond acceptors (Lipinski definition) is 6. The van der Waals surface area contributed by atoms with E-state index in [4.69, 9.17) is 4.42 Å². The summed E-state index contributed by atoms with van der Waals surface area (Å²) in [7, 11) is 0. The molecule has 2 rings (SSSR count). The van der Waals surface area contributed by atoms with Crippen LogP contribution >= 0.6 is 11.8 Å². The zero-order valence-electron chi connectivity index (χ0n) is 12.3. The van der Waals surface area contributed by atoms with Gasteiger partial charge < -0.3 is 15.1 Å². The van der Waals surface area contributed by atoms with Crippen molar-refractivity contribution >= 4 is 23.6 Å². The van der Waals surface area contributed by atoms with E-state index in [2.05, 4.69) is 20.8 Å². The molecule has 0 saturated carbocycles. The van der Waals surface area contributed by atoms with E-state index in [0.29, 0.717) is 6.54 Å². The highest BCUT2D eigenvalue weighted by Gasteiger charge is 2.14. The van der Waals surface area contributed by atoms with Crippen molar-refractivity contribution in [2.45, 2.75) is 12.1 Å². The fourth-order valence-corrected chi connectivity index (χ4v) is 2.22. The maximum Gasteiger partial charge on any atom is 0.277 e. The van der Waals surface area contributed by atoms with Gasteiger partial charge in [-0.15, -0.1) is 10.2 Å². The highest BCUT2D eigenvalue weighted by molar-refractivity contribution is 7.99. The van der Waals surface area contributed by atoms with E-state index in [1.807, 2.05) is 0 Å². The third-order valence-corrected chi connectivity index (χ3v) is 3.48. The molecule has 2 amide bonds. The van der Waals surface area contributed by atoms with Crippen LogP contribution in [0, 0.1) is 5.82 Å². The Morgan fingerprint density at radius 3 is 2.74 bits per heavy atom. The Balaban J connectivity index is 1.84. The summed E-state index contributed by atoms with van der Waals surface area (Å²) in [6.45, 7) is 2.21. The van der Waals surface area contributed by atoms with Crippen molar-refractivity contribution in [3.63, 3.8) is 0 Å². The average Bonchev–Trinajstić information content (AvgIpc) is 3.00. The minimum Gasteiger partial charge on any atom is -0.411 e. The van der Waals surface area contributed by atoms with Gasteiger partial charge in [0.15, 0.2) is 0 Å². The number of nitrogens with one attached hydrogen (secondary N) is 2. The van der Waals surface area contributed by atoms with E-state index >= 15 is 0 Å². The number of carbonyl (C=O) groups excluding carboxylic acids is 2. The SMILES string of the molecule is CCNC(=O)CNC(=O)CSc1nnc(-c2ccccc2F)o1. The third kappa shape index (κ3) is 5.06. The fraction of sp³-hybridized carbons (Fsp3) is 0.286. The van der Waals surface area contributed by atoms with E-state index in [0.717, 1.165) is 11.8 Å². The molecular formula is C14H15FN4O3S. The smallest absolute Gasteiger partial charge is 0.277 e. The number of benzene rings is 1. The minimum atomic E-state index is -0.465. The molecular weight excluding hydrogens is 323 g/mol. The van der Waals surface area contributed by atoms with Crippen LogP contribution in [0.4, 0.5) is 4.39 Å². The van der Waals surface area contributed by atoms with Gasteiger partial charge >= 0.3 is 0 Å². The number of hydrogen-bond donors (Lipinski definition) is 2. The van der Waals surface area contributed by atoms with Crippen LogP contribution in [0.2, 0.25) is 0 Å². The van der Waals surface area contributed by atoms with Crippen LogP contribution in [0.3, 0.4) is 0 Å². The van der Waals surface area contributed by atoms with Gasteiger partial charge in [-0.3, -0.25) is 9.59 Å². The molecule has 0 atom stereocenters. The number of thioether (sulfide) groups is 1. The lowest BCUT2D eigenvalue weighted by atomic mass is 10.2. The first kappa shape index (κ1) is 16.9. The van der Waals surface area contributed by atoms with E-state index in [1.165, 1.54) is 12.1 Å². The Bertz CT molecular complexity index is 692. The van der Waals surface area contributed by atoms with Crippen LogP contribution in [0.15, 0.2) is 33.9 Å². The summed E-state index contributed by atoms with van der Waals surface area (Å²) < 4.78 is 18.9. The monoisotopic (exact) mass is 338 g/mol. The Hall–Kier alpha value is -2.42. The molecule has 23 heavy (non-hydrogen) atoms. The Kier molecular flexibility index (Phi) is 6.10. The highest BCUT2D eigenvalue weighted by atomic mass is 32.2. The van der Waals surface area contributed by atoms with Gasteiger partial charge in [-0.25, -0.2) is 4.39 Å². The lowest BCUT2D eigenvalue weighted by molar-refractivity contribution is -0.124. The number of rotatable bonds is 7. The summed E-state index contributed by atoms with van der Waals surface area (Å²) in [5, 5.41) is 12.7. The van der Waals surface area contributed by atoms with Gasteiger partial charge in [0.25, 0.3) is 11.1 Å². The van der Waals surface area contributed by atoms with Gasteiger partial charge in [0.1, 0.15) is 5.82 Å². The van der Waals surface area contributed by atoms with E-state index in [9.17, 15) is 14.0 Å². The van der Waals surface area contributed by atoms with Crippen molar-refractivity contribution in [1.82, 2.24) is 20.8 Å². The number of likely N-dealkylation sites (N-methyl/N-ethyl adjacent to an activating group) is 1. The normalized spacial score (nSPS) is 10.3. The lowest BCUT2D eigenvalue weighted by Crippen LogP contribution is -2.37. The van der Waals surface area contributed by atoms with Gasteiger partial charge in [0, 0.05) is 6.54 Å². The summed E-state index contributed by atoms with van der Waals surface area (Å²) in [5.41, 5.74) is 0.201. The van der Waals surface area contributed by atoms with Crippen molar-refractivity contribution in [3.05, 3.63) is 30.1 Å². The van der Waals surface area contributed by atoms with Crippen molar-refractivity contribution in [1.29, 1.82) is 0 Å². The molecule has 0 bridgehead atoms. The number of halogens is 1. The Morgan fingerprint density at radius 2 is 2.00 bits per heavy atom. The van der Waals surface area contributed by atoms with Gasteiger partial charge in [0.05, 0.1) is 17.9 Å². The van der Waals surface area contributed by atoms with Gasteiger partial charge in [-0.05, 0) is 19.1 Å². The number of nitrogens with zero attached hydrogens (tertiary/aromatic N) is 2. The van der Waals surface area contributed by atoms with Crippen molar-refractivity contribution in [2.24, 2.45) is 0 Å². The van der Waals surface area contributed by atoms with Crippen LogP contribution in [-0.4, -0.2) is 40.9 Å². The molecule has 1 heterocycles. The molecule has 0 aliphatic rings. The van der Waals surface area contributed by atoms with Crippen molar-refractivity contribution in [3.8, 4) is 11.5 Å². The molecule has 1 aromatic heterocycles. The van der Waals surface area contributed by atoms with Gasteiger partial charge in [0.2, 0.25) is 11.8 Å². The van der Waals surface area contributed by atoms with Crippen LogP contribution in [0.25, 0.3) is 11.5 Å². The molecule has 0 radical (unpaired) electrons. The first-order valence-corrected chi connectivity index (χ1v) is 7.83. The van der Waals surface area contributed by atoms with Crippen LogP contribution in [0.1, 0.15) is 6.92 Å². The van der Waals surface area contributed by atoms with E-state index < -0.39 is 5.82 Å². The van der Waals surface area contributed by atoms with E-state index in [1.54, 1.807) is 19.1 Å². The van der Waals surface area contributed by atoms with Crippen LogP contribution < -0.4 is 10.6 Å². The zero-order valence-corrected chi connectivity index (χ0v) is 13.2. The quantitative estimate of drug-likeness (QED) is 0.737. The summed E-state index contributed by atoms with van der Waals surface area (Å²) in [6.07, 6.45) is 0. The molecule has 2 aromatic rings. The molecule has 2 N–H and O–H groups in total. The largest absolute Gasteiger partial charge is 0.411 e. The Morgan fingerprint density at radius 1 is 1.22 bits per heavy atom. The molecule has 0 fully saturated rings. The maximum atomic E-state index is 13.6. The number of aromatic nitrogens is 2. The summed E-state index contributed by atoms with van der Waals surface area (Å²) in [6, 6.07) is 6.03. The maximum absolute atomic E-state index is 13.6. The van der Waals surface area contributed by atoms with Gasteiger partial charge in [-0.1, -0.05) is 23.9 Å². The first-order chi connectivity index (χ1) is 11.1. The van der Waals surface area contributed by atoms with Crippen molar-refractivity contribution in [2.75, 3.05) is 18.8 Å². The summed E-state index contributed by atoms with van der Waals surface area (Å²) in [4.78, 5) is 22.8. The molecule has 0 spiro atoms. The van der Waals surface area contributed by atoms with Crippen LogP contribution in [-0.2, 0) is 9.59 Å². The van der Waals surface area contributed by atoms with Crippen molar-refractivity contribution < 1.29 is 18.4 Å². The molecule has 122 valence electrons. The minimum absolute atomic E-state index is 0.0122. The van der Waals surface area contributed by atoms with Gasteiger partial charge in [-0.2, -0.15) is 0 Å². The zero-order chi connectivity index (χ0) is 16.7. The first-order valence-electron chi connectivity index (χ1n) is 6.84. The predicted octanol–water partition coefficient (Wildman–Crippen LogP) is 1.22. The molecule has 1 aromatic carbocycles. The molecule has 0 aliphatic heterocycles. The second-order valence-corrected chi connectivity index (χ2v) is 5.30. The fourth-order valence-electron chi connectivity index (χ4n) is 1.63. The molecule has 9 heteroatoms. The van der Waals surface area contributed by atoms with E-state index in [-0.39, 0.29) is 40.8 Å². The molecule has 0 unspecified atom stereocenters. The molecule has 0 saturated heterocycles. The summed E-state index contributed by atoms with van der Waals surface area (Å²) in [5.74, 6) is -1.00. The second-order valence-electron chi connectivity index (χ2n) is 4.37. The van der Waals surface area contributed by atoms with Crippen LogP contribution in [0.5, 0.6) is 0 Å². The second kappa shape index (κ2) is 8.28. The topological polar surface area (TPSA) is 97.1 Å². The molecule has 0 aliphatic carbocycles. The average molecular weight is 338 g/mol. The number of amides is 2. The Labute approximate surface area is 136 Å².